The fourth-order valence-electron chi connectivity index (χ4n) is 3.27. The summed E-state index contributed by atoms with van der Waals surface area (Å²) in [5, 5.41) is 2.69. The number of para-hydroxylation sites is 3. The fourth-order valence-corrected chi connectivity index (χ4v) is 3.27. The number of anilines is 2. The van der Waals surface area contributed by atoms with Gasteiger partial charge in [-0.2, -0.15) is 0 Å². The van der Waals surface area contributed by atoms with Crippen molar-refractivity contribution in [2.75, 3.05) is 56.7 Å². The SMILES string of the molecule is COc1ccccc1NC(=O)OCCCN1CCN(c2ccccc2F)CC1. The zero-order valence-electron chi connectivity index (χ0n) is 16.1. The first-order valence-corrected chi connectivity index (χ1v) is 9.46. The molecule has 1 aliphatic heterocycles. The quantitative estimate of drug-likeness (QED) is 0.736. The number of rotatable bonds is 7. The predicted octanol–water partition coefficient (Wildman–Crippen LogP) is 3.60. The molecule has 1 heterocycles. The van der Waals surface area contributed by atoms with E-state index in [1.807, 2.05) is 24.3 Å². The molecule has 0 bridgehead atoms. The van der Waals surface area contributed by atoms with Crippen molar-refractivity contribution < 1.29 is 18.7 Å². The van der Waals surface area contributed by atoms with Gasteiger partial charge in [0.25, 0.3) is 0 Å². The van der Waals surface area contributed by atoms with Gasteiger partial charge in [-0.1, -0.05) is 24.3 Å². The van der Waals surface area contributed by atoms with Crippen LogP contribution >= 0.6 is 0 Å². The first-order chi connectivity index (χ1) is 13.7. The maximum atomic E-state index is 13.9. The fraction of sp³-hybridized carbons (Fsp3) is 0.381. The Morgan fingerprint density at radius 2 is 1.79 bits per heavy atom. The van der Waals surface area contributed by atoms with E-state index in [0.29, 0.717) is 23.7 Å². The highest BCUT2D eigenvalue weighted by Gasteiger charge is 2.19. The van der Waals surface area contributed by atoms with Crippen LogP contribution in [0.25, 0.3) is 0 Å². The summed E-state index contributed by atoms with van der Waals surface area (Å²) < 4.78 is 24.3. The van der Waals surface area contributed by atoms with Crippen molar-refractivity contribution in [2.45, 2.75) is 6.42 Å². The lowest BCUT2D eigenvalue weighted by Gasteiger charge is -2.36. The standard InChI is InChI=1S/C21H26FN3O3/c1-27-20-10-5-3-8-18(20)23-21(26)28-16-6-11-24-12-14-25(15-13-24)19-9-4-2-7-17(19)22/h2-5,7-10H,6,11-16H2,1H3,(H,23,26). The van der Waals surface area contributed by atoms with Gasteiger partial charge in [0.2, 0.25) is 0 Å². The molecule has 1 aliphatic rings. The van der Waals surface area contributed by atoms with Crippen molar-refractivity contribution in [3.8, 4) is 5.75 Å². The summed E-state index contributed by atoms with van der Waals surface area (Å²) in [5.41, 5.74) is 1.25. The topological polar surface area (TPSA) is 54.0 Å². The molecular weight excluding hydrogens is 361 g/mol. The zero-order valence-corrected chi connectivity index (χ0v) is 16.1. The molecule has 0 unspecified atom stereocenters. The number of ether oxygens (including phenoxy) is 2. The Labute approximate surface area is 164 Å². The Kier molecular flexibility index (Phi) is 7.08. The van der Waals surface area contributed by atoms with Gasteiger partial charge in [0.15, 0.2) is 0 Å². The third-order valence-electron chi connectivity index (χ3n) is 4.76. The van der Waals surface area contributed by atoms with Gasteiger partial charge in [-0.05, 0) is 30.7 Å². The normalized spacial score (nSPS) is 14.6. The first kappa shape index (κ1) is 19.9. The minimum atomic E-state index is -0.492. The van der Waals surface area contributed by atoms with Gasteiger partial charge in [0.05, 0.1) is 25.1 Å². The maximum Gasteiger partial charge on any atom is 0.411 e. The van der Waals surface area contributed by atoms with E-state index < -0.39 is 6.09 Å². The van der Waals surface area contributed by atoms with Gasteiger partial charge in [0, 0.05) is 32.7 Å². The largest absolute Gasteiger partial charge is 0.495 e. The Morgan fingerprint density at radius 3 is 2.54 bits per heavy atom. The van der Waals surface area contributed by atoms with E-state index in [4.69, 9.17) is 9.47 Å². The molecule has 6 nitrogen and oxygen atoms in total. The molecule has 2 aromatic rings. The molecule has 2 aromatic carbocycles. The van der Waals surface area contributed by atoms with Gasteiger partial charge >= 0.3 is 6.09 Å². The van der Waals surface area contributed by atoms with E-state index in [-0.39, 0.29) is 5.82 Å². The molecule has 0 radical (unpaired) electrons. The molecule has 1 N–H and O–H groups in total. The van der Waals surface area contributed by atoms with Crippen molar-refractivity contribution in [1.29, 1.82) is 0 Å². The molecule has 0 spiro atoms. The number of hydrogen-bond acceptors (Lipinski definition) is 5. The predicted molar refractivity (Wildman–Crippen MR) is 108 cm³/mol. The molecule has 0 saturated carbocycles. The second-order valence-electron chi connectivity index (χ2n) is 6.59. The summed E-state index contributed by atoms with van der Waals surface area (Å²) in [6, 6.07) is 14.1. The number of halogens is 1. The molecule has 0 atom stereocenters. The molecule has 150 valence electrons. The van der Waals surface area contributed by atoms with Crippen LogP contribution in [0.3, 0.4) is 0 Å². The Morgan fingerprint density at radius 1 is 1.07 bits per heavy atom. The monoisotopic (exact) mass is 387 g/mol. The molecule has 28 heavy (non-hydrogen) atoms. The second kappa shape index (κ2) is 9.94. The summed E-state index contributed by atoms with van der Waals surface area (Å²) in [7, 11) is 1.55. The van der Waals surface area contributed by atoms with E-state index in [2.05, 4.69) is 15.1 Å². The summed E-state index contributed by atoms with van der Waals surface area (Å²) in [6.45, 7) is 4.48. The highest BCUT2D eigenvalue weighted by Crippen LogP contribution is 2.23. The van der Waals surface area contributed by atoms with Crippen LogP contribution in [0.1, 0.15) is 6.42 Å². The summed E-state index contributed by atoms with van der Waals surface area (Å²) in [6.07, 6.45) is 0.257. The van der Waals surface area contributed by atoms with Crippen molar-refractivity contribution >= 4 is 17.5 Å². The minimum absolute atomic E-state index is 0.176. The smallest absolute Gasteiger partial charge is 0.411 e. The van der Waals surface area contributed by atoms with Crippen LogP contribution in [0.15, 0.2) is 48.5 Å². The number of carbonyl (C=O) groups excluding carboxylic acids is 1. The van der Waals surface area contributed by atoms with Crippen LogP contribution in [0.4, 0.5) is 20.6 Å². The third kappa shape index (κ3) is 5.36. The molecule has 1 saturated heterocycles. The number of nitrogens with zero attached hydrogens (tertiary/aromatic N) is 2. The average Bonchev–Trinajstić information content (AvgIpc) is 2.72. The van der Waals surface area contributed by atoms with Crippen molar-refractivity contribution in [3.63, 3.8) is 0 Å². The maximum absolute atomic E-state index is 13.9. The number of benzene rings is 2. The average molecular weight is 387 g/mol. The molecule has 1 fully saturated rings. The van der Waals surface area contributed by atoms with Gasteiger partial charge < -0.3 is 14.4 Å². The summed E-state index contributed by atoms with van der Waals surface area (Å²) >= 11 is 0. The lowest BCUT2D eigenvalue weighted by atomic mass is 10.2. The van der Waals surface area contributed by atoms with Gasteiger partial charge in [-0.3, -0.25) is 10.2 Å². The van der Waals surface area contributed by atoms with Crippen LogP contribution in [0, 0.1) is 5.82 Å². The minimum Gasteiger partial charge on any atom is -0.495 e. The summed E-state index contributed by atoms with van der Waals surface area (Å²) in [5.74, 6) is 0.414. The van der Waals surface area contributed by atoms with Gasteiger partial charge in [-0.15, -0.1) is 0 Å². The van der Waals surface area contributed by atoms with Crippen molar-refractivity contribution in [1.82, 2.24) is 4.90 Å². The Bertz CT molecular complexity index is 779. The highest BCUT2D eigenvalue weighted by atomic mass is 19.1. The molecule has 3 rings (SSSR count). The van der Waals surface area contributed by atoms with Crippen molar-refractivity contribution in [2.24, 2.45) is 0 Å². The zero-order chi connectivity index (χ0) is 19.8. The van der Waals surface area contributed by atoms with E-state index in [1.165, 1.54) is 6.07 Å². The van der Waals surface area contributed by atoms with Crippen molar-refractivity contribution in [3.05, 3.63) is 54.3 Å². The van der Waals surface area contributed by atoms with Crippen LogP contribution in [-0.4, -0.2) is 57.4 Å². The Balaban J connectivity index is 1.34. The van der Waals surface area contributed by atoms with E-state index in [1.54, 1.807) is 25.3 Å². The van der Waals surface area contributed by atoms with Gasteiger partial charge in [0.1, 0.15) is 11.6 Å². The van der Waals surface area contributed by atoms with E-state index in [9.17, 15) is 9.18 Å². The molecule has 1 amide bonds. The molecule has 0 aromatic heterocycles. The number of amides is 1. The number of carbonyl (C=O) groups is 1. The number of hydrogen-bond donors (Lipinski definition) is 1. The molecule has 7 heteroatoms. The van der Waals surface area contributed by atoms with Crippen LogP contribution < -0.4 is 15.0 Å². The summed E-state index contributed by atoms with van der Waals surface area (Å²) in [4.78, 5) is 16.3. The number of piperazine rings is 1. The van der Waals surface area contributed by atoms with Crippen LogP contribution in [-0.2, 0) is 4.74 Å². The van der Waals surface area contributed by atoms with Gasteiger partial charge in [-0.25, -0.2) is 9.18 Å². The molecular formula is C21H26FN3O3. The number of nitrogens with one attached hydrogen (secondary N) is 1. The third-order valence-corrected chi connectivity index (χ3v) is 4.76. The first-order valence-electron chi connectivity index (χ1n) is 9.46. The Hall–Kier alpha value is -2.80. The van der Waals surface area contributed by atoms with E-state index in [0.717, 1.165) is 39.1 Å². The lowest BCUT2D eigenvalue weighted by Crippen LogP contribution is -2.47. The molecule has 0 aliphatic carbocycles. The lowest BCUT2D eigenvalue weighted by molar-refractivity contribution is 0.151. The number of methoxy groups -OCH3 is 1. The van der Waals surface area contributed by atoms with Crippen LogP contribution in [0.2, 0.25) is 0 Å². The second-order valence-corrected chi connectivity index (χ2v) is 6.59. The highest BCUT2D eigenvalue weighted by molar-refractivity contribution is 5.86. The van der Waals surface area contributed by atoms with Crippen LogP contribution in [0.5, 0.6) is 5.75 Å². The van der Waals surface area contributed by atoms with E-state index >= 15 is 0 Å².